The summed E-state index contributed by atoms with van der Waals surface area (Å²) in [5.41, 5.74) is 1.83. The molecule has 2 bridgehead atoms. The molecule has 3 aromatic carbocycles. The maximum atomic E-state index is 14.8. The zero-order valence-electron chi connectivity index (χ0n) is 19.4. The standard InChI is InChI=1S/C28H26F4O3/c1-2-3-4-11-27-15-33-28(34-16-27,35-17-27)21-8-5-18(6-9-21)19-7-10-22(23(29)12-19)20-13-24(30)26(32)25(31)14-20/h5-10,12-14H,2-4,11,15-17H2,1H3. The van der Waals surface area contributed by atoms with Crippen LogP contribution in [0.15, 0.2) is 54.6 Å². The van der Waals surface area contributed by atoms with Crippen LogP contribution in [0.4, 0.5) is 17.6 Å². The molecule has 3 heterocycles. The summed E-state index contributed by atoms with van der Waals surface area (Å²) in [6, 6.07) is 13.1. The van der Waals surface area contributed by atoms with Crippen molar-refractivity contribution in [3.8, 4) is 22.3 Å². The third-order valence-corrected chi connectivity index (χ3v) is 6.85. The first-order valence-electron chi connectivity index (χ1n) is 11.8. The summed E-state index contributed by atoms with van der Waals surface area (Å²) in [6.45, 7) is 3.91. The Morgan fingerprint density at radius 3 is 1.83 bits per heavy atom. The van der Waals surface area contributed by atoms with Crippen LogP contribution in [0, 0.1) is 28.7 Å². The van der Waals surface area contributed by atoms with Gasteiger partial charge in [0.1, 0.15) is 5.82 Å². The van der Waals surface area contributed by atoms with Gasteiger partial charge >= 0.3 is 5.97 Å². The molecule has 0 N–H and O–H groups in total. The van der Waals surface area contributed by atoms with Crippen LogP contribution < -0.4 is 0 Å². The van der Waals surface area contributed by atoms with Gasteiger partial charge < -0.3 is 14.2 Å². The Morgan fingerprint density at radius 1 is 0.686 bits per heavy atom. The van der Waals surface area contributed by atoms with Gasteiger partial charge in [0.25, 0.3) is 0 Å². The molecule has 0 aliphatic carbocycles. The Morgan fingerprint density at radius 2 is 1.26 bits per heavy atom. The lowest BCUT2D eigenvalue weighted by molar-refractivity contribution is -0.480. The highest BCUT2D eigenvalue weighted by molar-refractivity contribution is 5.71. The van der Waals surface area contributed by atoms with Crippen molar-refractivity contribution in [2.75, 3.05) is 19.8 Å². The molecule has 3 saturated heterocycles. The summed E-state index contributed by atoms with van der Waals surface area (Å²) < 4.78 is 73.4. The highest BCUT2D eigenvalue weighted by Crippen LogP contribution is 2.46. The Bertz CT molecular complexity index is 1180. The lowest BCUT2D eigenvalue weighted by Crippen LogP contribution is -2.58. The number of benzene rings is 3. The van der Waals surface area contributed by atoms with Crippen LogP contribution in [-0.4, -0.2) is 19.8 Å². The number of rotatable bonds is 7. The van der Waals surface area contributed by atoms with Gasteiger partial charge in [0.15, 0.2) is 17.5 Å². The third-order valence-electron chi connectivity index (χ3n) is 6.85. The molecule has 3 aliphatic heterocycles. The van der Waals surface area contributed by atoms with Crippen LogP contribution in [0.1, 0.15) is 38.2 Å². The summed E-state index contributed by atoms with van der Waals surface area (Å²) in [5.74, 6) is -6.22. The van der Waals surface area contributed by atoms with Gasteiger partial charge in [-0.05, 0) is 41.3 Å². The van der Waals surface area contributed by atoms with E-state index in [0.29, 0.717) is 25.4 Å². The fraction of sp³-hybridized carbons (Fsp3) is 0.357. The molecule has 184 valence electrons. The van der Waals surface area contributed by atoms with Crippen molar-refractivity contribution >= 4 is 0 Å². The van der Waals surface area contributed by atoms with Crippen LogP contribution >= 0.6 is 0 Å². The molecule has 3 aliphatic rings. The summed E-state index contributed by atoms with van der Waals surface area (Å²) in [5, 5.41) is 0. The number of hydrogen-bond acceptors (Lipinski definition) is 3. The van der Waals surface area contributed by atoms with Gasteiger partial charge in [-0.15, -0.1) is 0 Å². The molecule has 0 saturated carbocycles. The lowest BCUT2D eigenvalue weighted by Gasteiger charge is -2.52. The van der Waals surface area contributed by atoms with Crippen molar-refractivity contribution in [2.45, 2.75) is 38.6 Å². The second kappa shape index (κ2) is 9.37. The quantitative estimate of drug-likeness (QED) is 0.199. The minimum absolute atomic E-state index is 0.0240. The monoisotopic (exact) mass is 486 g/mol. The van der Waals surface area contributed by atoms with Crippen LogP contribution in [0.3, 0.4) is 0 Å². The van der Waals surface area contributed by atoms with Gasteiger partial charge in [0.05, 0.1) is 19.8 Å². The Labute approximate surface area is 201 Å². The predicted molar refractivity (Wildman–Crippen MR) is 123 cm³/mol. The van der Waals surface area contributed by atoms with Gasteiger partial charge in [0.2, 0.25) is 0 Å². The molecule has 6 rings (SSSR count). The molecule has 0 atom stereocenters. The molecule has 0 unspecified atom stereocenters. The molecule has 0 amide bonds. The highest BCUT2D eigenvalue weighted by atomic mass is 19.2. The average molecular weight is 487 g/mol. The van der Waals surface area contributed by atoms with Gasteiger partial charge in [-0.3, -0.25) is 0 Å². The van der Waals surface area contributed by atoms with E-state index < -0.39 is 29.2 Å². The Balaban J connectivity index is 1.32. The molecular formula is C28H26F4O3. The number of hydrogen-bond donors (Lipinski definition) is 0. The molecule has 3 aromatic rings. The van der Waals surface area contributed by atoms with Gasteiger partial charge in [-0.2, -0.15) is 0 Å². The summed E-state index contributed by atoms with van der Waals surface area (Å²) in [6.07, 6.45) is 4.46. The van der Waals surface area contributed by atoms with Crippen LogP contribution in [0.2, 0.25) is 0 Å². The van der Waals surface area contributed by atoms with E-state index in [1.807, 2.05) is 24.3 Å². The smallest absolute Gasteiger partial charge is 0.312 e. The predicted octanol–water partition coefficient (Wildman–Crippen LogP) is 7.33. The maximum absolute atomic E-state index is 14.8. The van der Waals surface area contributed by atoms with E-state index in [4.69, 9.17) is 14.2 Å². The summed E-state index contributed by atoms with van der Waals surface area (Å²) >= 11 is 0. The number of fused-ring (bicyclic) bond motifs is 3. The lowest BCUT2D eigenvalue weighted by atomic mass is 9.82. The van der Waals surface area contributed by atoms with E-state index in [-0.39, 0.29) is 16.5 Å². The van der Waals surface area contributed by atoms with Gasteiger partial charge in [-0.25, -0.2) is 17.6 Å². The van der Waals surface area contributed by atoms with Gasteiger partial charge in [0, 0.05) is 16.5 Å². The van der Waals surface area contributed by atoms with Gasteiger partial charge in [-0.1, -0.05) is 62.6 Å². The zero-order valence-corrected chi connectivity index (χ0v) is 19.4. The largest absolute Gasteiger partial charge is 0.323 e. The van der Waals surface area contributed by atoms with E-state index >= 15 is 0 Å². The average Bonchev–Trinajstić information content (AvgIpc) is 2.88. The topological polar surface area (TPSA) is 27.7 Å². The highest BCUT2D eigenvalue weighted by Gasteiger charge is 2.53. The summed E-state index contributed by atoms with van der Waals surface area (Å²) in [4.78, 5) is 0. The third kappa shape index (κ3) is 4.48. The zero-order chi connectivity index (χ0) is 24.6. The van der Waals surface area contributed by atoms with Crippen molar-refractivity contribution in [1.29, 1.82) is 0 Å². The van der Waals surface area contributed by atoms with Crippen molar-refractivity contribution in [1.82, 2.24) is 0 Å². The van der Waals surface area contributed by atoms with Crippen LogP contribution in [0.25, 0.3) is 22.3 Å². The second-order valence-electron chi connectivity index (χ2n) is 9.41. The number of halogens is 4. The van der Waals surface area contributed by atoms with E-state index in [1.165, 1.54) is 18.6 Å². The van der Waals surface area contributed by atoms with Crippen LogP contribution in [0.5, 0.6) is 0 Å². The first-order valence-corrected chi connectivity index (χ1v) is 11.8. The number of ether oxygens (including phenoxy) is 3. The molecular weight excluding hydrogens is 460 g/mol. The molecule has 35 heavy (non-hydrogen) atoms. The Hall–Kier alpha value is -2.74. The molecule has 0 radical (unpaired) electrons. The first kappa shape index (κ1) is 24.0. The molecule has 7 heteroatoms. The van der Waals surface area contributed by atoms with Crippen molar-refractivity contribution < 1.29 is 31.8 Å². The molecule has 3 nitrogen and oxygen atoms in total. The minimum Gasteiger partial charge on any atom is -0.323 e. The molecule has 0 spiro atoms. The maximum Gasteiger partial charge on any atom is 0.312 e. The molecule has 0 aromatic heterocycles. The molecule has 3 fully saturated rings. The van der Waals surface area contributed by atoms with E-state index in [9.17, 15) is 17.6 Å². The Kier molecular flexibility index (Phi) is 6.42. The van der Waals surface area contributed by atoms with Crippen LogP contribution in [-0.2, 0) is 20.2 Å². The fourth-order valence-corrected chi connectivity index (χ4v) is 4.72. The summed E-state index contributed by atoms with van der Waals surface area (Å²) in [7, 11) is 0. The van der Waals surface area contributed by atoms with Crippen molar-refractivity contribution in [2.24, 2.45) is 5.41 Å². The van der Waals surface area contributed by atoms with E-state index in [2.05, 4.69) is 6.92 Å². The number of unbranched alkanes of at least 4 members (excludes halogenated alkanes) is 2. The minimum atomic E-state index is -1.58. The normalized spacial score (nSPS) is 23.6. The fourth-order valence-electron chi connectivity index (χ4n) is 4.72. The van der Waals surface area contributed by atoms with Crippen molar-refractivity contribution in [3.63, 3.8) is 0 Å². The second-order valence-corrected chi connectivity index (χ2v) is 9.41. The van der Waals surface area contributed by atoms with Crippen molar-refractivity contribution in [3.05, 3.63) is 83.4 Å². The van der Waals surface area contributed by atoms with E-state index in [0.717, 1.165) is 42.5 Å². The SMILES string of the molecule is CCCCCC12COC(c3ccc(-c4ccc(-c5cc(F)c(F)c(F)c5)c(F)c4)cc3)(OC1)OC2. The van der Waals surface area contributed by atoms with E-state index in [1.54, 1.807) is 6.07 Å². The first-order chi connectivity index (χ1) is 16.8.